The Hall–Kier alpha value is -3.14. The number of thiazole rings is 1. The molecule has 32 heavy (non-hydrogen) atoms. The molecule has 0 saturated heterocycles. The predicted molar refractivity (Wildman–Crippen MR) is 126 cm³/mol. The number of nitrogens with one attached hydrogen (secondary N) is 1. The first-order valence-electron chi connectivity index (χ1n) is 10.5. The van der Waals surface area contributed by atoms with Crippen LogP contribution in [-0.4, -0.2) is 27.0 Å². The minimum Gasteiger partial charge on any atom is -0.459 e. The molecule has 0 fully saturated rings. The van der Waals surface area contributed by atoms with Crippen LogP contribution in [0.5, 0.6) is 0 Å². The summed E-state index contributed by atoms with van der Waals surface area (Å²) in [6.07, 6.45) is -0.00883. The van der Waals surface area contributed by atoms with Crippen LogP contribution in [0.15, 0.2) is 31.5 Å². The Morgan fingerprint density at radius 3 is 2.56 bits per heavy atom. The molecule has 1 amide bonds. The Balaban J connectivity index is 1.95. The van der Waals surface area contributed by atoms with Crippen molar-refractivity contribution >= 4 is 28.7 Å². The van der Waals surface area contributed by atoms with E-state index in [2.05, 4.69) is 9.97 Å². The van der Waals surface area contributed by atoms with Crippen LogP contribution in [0.2, 0.25) is 0 Å². The van der Waals surface area contributed by atoms with Crippen molar-refractivity contribution < 1.29 is 9.21 Å². The van der Waals surface area contributed by atoms with E-state index in [0.717, 1.165) is 5.76 Å². The van der Waals surface area contributed by atoms with E-state index in [1.165, 1.54) is 20.8 Å². The van der Waals surface area contributed by atoms with Gasteiger partial charge in [-0.2, -0.15) is 0 Å². The normalized spacial score (nSPS) is 11.5. The Labute approximate surface area is 189 Å². The Bertz CT molecular complexity index is 1220. The van der Waals surface area contributed by atoms with Crippen molar-refractivity contribution in [3.63, 3.8) is 0 Å². The van der Waals surface area contributed by atoms with E-state index >= 15 is 0 Å². The second kappa shape index (κ2) is 9.56. The number of furan rings is 1. The number of rotatable bonds is 8. The van der Waals surface area contributed by atoms with Crippen LogP contribution in [0.3, 0.4) is 0 Å². The molecule has 3 rings (SSSR count). The molecule has 0 spiro atoms. The van der Waals surface area contributed by atoms with Gasteiger partial charge in [-0.05, 0) is 30.9 Å². The Morgan fingerprint density at radius 1 is 1.25 bits per heavy atom. The minimum absolute atomic E-state index is 0.000984. The van der Waals surface area contributed by atoms with Crippen LogP contribution in [0.1, 0.15) is 39.1 Å². The highest BCUT2D eigenvalue weighted by atomic mass is 32.1. The molecule has 3 N–H and O–H groups in total. The van der Waals surface area contributed by atoms with Crippen LogP contribution < -0.4 is 21.9 Å². The molecule has 0 aromatic carbocycles. The summed E-state index contributed by atoms with van der Waals surface area (Å²) >= 11 is 1.38. The first kappa shape index (κ1) is 23.5. The number of nitrogen functional groups attached to an aromatic ring is 1. The summed E-state index contributed by atoms with van der Waals surface area (Å²) in [7, 11) is 0. The third-order valence-electron chi connectivity index (χ3n) is 4.72. The lowest BCUT2D eigenvalue weighted by molar-refractivity contribution is -0.118. The van der Waals surface area contributed by atoms with Crippen LogP contribution in [0.4, 0.5) is 11.5 Å². The lowest BCUT2D eigenvalue weighted by Crippen LogP contribution is -2.43. The summed E-state index contributed by atoms with van der Waals surface area (Å²) in [4.78, 5) is 46.5. The molecule has 9 nitrogen and oxygen atoms in total. The van der Waals surface area contributed by atoms with Crippen LogP contribution in [0.25, 0.3) is 10.8 Å². The van der Waals surface area contributed by atoms with Crippen molar-refractivity contribution in [3.8, 4) is 10.8 Å². The van der Waals surface area contributed by atoms with E-state index in [0.29, 0.717) is 23.0 Å². The second-order valence-corrected chi connectivity index (χ2v) is 9.48. The van der Waals surface area contributed by atoms with E-state index in [4.69, 9.17) is 10.2 Å². The largest absolute Gasteiger partial charge is 0.459 e. The van der Waals surface area contributed by atoms with E-state index in [9.17, 15) is 14.4 Å². The fraction of sp³-hybridized carbons (Fsp3) is 0.455. The summed E-state index contributed by atoms with van der Waals surface area (Å²) in [5.74, 6) is 1.29. The molecule has 0 bridgehead atoms. The summed E-state index contributed by atoms with van der Waals surface area (Å²) in [5, 5.41) is 2.48. The number of H-pyrrole nitrogens is 1. The number of hydrogen-bond acceptors (Lipinski definition) is 7. The van der Waals surface area contributed by atoms with Gasteiger partial charge < -0.3 is 15.1 Å². The van der Waals surface area contributed by atoms with Crippen molar-refractivity contribution in [2.45, 2.75) is 47.6 Å². The molecule has 0 aliphatic heterocycles. The van der Waals surface area contributed by atoms with Gasteiger partial charge in [0.25, 0.3) is 5.56 Å². The molecule has 0 radical (unpaired) electrons. The average molecular weight is 460 g/mol. The second-order valence-electron chi connectivity index (χ2n) is 8.63. The van der Waals surface area contributed by atoms with Gasteiger partial charge in [-0.1, -0.05) is 27.7 Å². The zero-order chi connectivity index (χ0) is 23.6. The van der Waals surface area contributed by atoms with Crippen molar-refractivity contribution in [2.75, 3.05) is 17.2 Å². The smallest absolute Gasteiger partial charge is 0.330 e. The number of carbonyl (C=O) groups excluding carboxylic acids is 1. The fourth-order valence-corrected chi connectivity index (χ4v) is 4.15. The summed E-state index contributed by atoms with van der Waals surface area (Å²) in [5.41, 5.74) is 5.56. The van der Waals surface area contributed by atoms with Crippen molar-refractivity contribution in [1.82, 2.24) is 14.5 Å². The number of amides is 1. The van der Waals surface area contributed by atoms with Gasteiger partial charge in [0, 0.05) is 18.5 Å². The monoisotopic (exact) mass is 459 g/mol. The molecule has 10 heteroatoms. The number of aryl methyl sites for hydroxylation is 1. The van der Waals surface area contributed by atoms with E-state index in [-0.39, 0.29) is 42.2 Å². The molecule has 0 aliphatic carbocycles. The van der Waals surface area contributed by atoms with Crippen LogP contribution in [0, 0.1) is 18.8 Å². The van der Waals surface area contributed by atoms with Gasteiger partial charge in [0.15, 0.2) is 16.5 Å². The third kappa shape index (κ3) is 5.18. The zero-order valence-corrected chi connectivity index (χ0v) is 19.8. The molecule has 0 atom stereocenters. The Morgan fingerprint density at radius 2 is 1.97 bits per heavy atom. The predicted octanol–water partition coefficient (Wildman–Crippen LogP) is 3.03. The van der Waals surface area contributed by atoms with Gasteiger partial charge in [0.2, 0.25) is 5.91 Å². The number of aromatic nitrogens is 3. The number of nitrogens with zero attached hydrogens (tertiary/aromatic N) is 3. The zero-order valence-electron chi connectivity index (χ0n) is 19.0. The first-order valence-corrected chi connectivity index (χ1v) is 11.4. The topological polar surface area (TPSA) is 127 Å². The van der Waals surface area contributed by atoms with E-state index in [1.54, 1.807) is 5.38 Å². The SMILES string of the molecule is Cc1ccc(-c2nc(CC(=O)N(CC(C)C)c3c(N)n(CC(C)C)c(=O)[nH]c3=O)cs2)o1. The van der Waals surface area contributed by atoms with E-state index < -0.39 is 11.2 Å². The molecular weight excluding hydrogens is 430 g/mol. The maximum atomic E-state index is 13.3. The van der Waals surface area contributed by atoms with Gasteiger partial charge >= 0.3 is 5.69 Å². The minimum atomic E-state index is -0.675. The highest BCUT2D eigenvalue weighted by Crippen LogP contribution is 2.26. The number of anilines is 2. The quantitative estimate of drug-likeness (QED) is 0.533. The molecular formula is C22H29N5O4S. The van der Waals surface area contributed by atoms with Crippen LogP contribution in [-0.2, 0) is 17.8 Å². The molecule has 0 unspecified atom stereocenters. The van der Waals surface area contributed by atoms with Gasteiger partial charge in [0.05, 0.1) is 12.1 Å². The molecule has 3 aromatic rings. The average Bonchev–Trinajstić information content (AvgIpc) is 3.32. The lowest BCUT2D eigenvalue weighted by atomic mass is 10.1. The highest BCUT2D eigenvalue weighted by molar-refractivity contribution is 7.13. The number of hydrogen-bond donors (Lipinski definition) is 2. The Kier molecular flexibility index (Phi) is 7.02. The van der Waals surface area contributed by atoms with Gasteiger partial charge in [-0.15, -0.1) is 11.3 Å². The van der Waals surface area contributed by atoms with Crippen molar-refractivity contribution in [3.05, 3.63) is 49.8 Å². The maximum Gasteiger partial charge on any atom is 0.330 e. The standard InChI is InChI=1S/C22H29N5O4S/c1-12(2)9-26(18-19(23)27(10-13(3)4)22(30)25-20(18)29)17(28)8-15-11-32-21(24-15)16-7-6-14(5)31-16/h6-7,11-13H,8-10,23H2,1-5H3,(H,25,29,30). The molecule has 0 saturated carbocycles. The molecule has 0 aliphatic rings. The highest BCUT2D eigenvalue weighted by Gasteiger charge is 2.26. The van der Waals surface area contributed by atoms with Crippen molar-refractivity contribution in [1.29, 1.82) is 0 Å². The maximum absolute atomic E-state index is 13.3. The molecule has 172 valence electrons. The summed E-state index contributed by atoms with van der Waals surface area (Å²) < 4.78 is 6.91. The fourth-order valence-electron chi connectivity index (χ4n) is 3.37. The third-order valence-corrected chi connectivity index (χ3v) is 5.62. The van der Waals surface area contributed by atoms with Gasteiger partial charge in [0.1, 0.15) is 11.6 Å². The number of nitrogens with two attached hydrogens (primary N) is 1. The lowest BCUT2D eigenvalue weighted by Gasteiger charge is -2.26. The number of carbonyl (C=O) groups is 1. The number of aromatic amines is 1. The molecule has 3 aromatic heterocycles. The summed E-state index contributed by atoms with van der Waals surface area (Å²) in [6, 6.07) is 3.69. The van der Waals surface area contributed by atoms with Crippen LogP contribution >= 0.6 is 11.3 Å². The van der Waals surface area contributed by atoms with Gasteiger partial charge in [-0.25, -0.2) is 9.78 Å². The van der Waals surface area contributed by atoms with Crippen molar-refractivity contribution in [2.24, 2.45) is 11.8 Å². The summed E-state index contributed by atoms with van der Waals surface area (Å²) in [6.45, 7) is 10.2. The molecule has 3 heterocycles. The van der Waals surface area contributed by atoms with Gasteiger partial charge in [-0.3, -0.25) is 19.1 Å². The first-order chi connectivity index (χ1) is 15.1. The van der Waals surface area contributed by atoms with E-state index in [1.807, 2.05) is 46.8 Å².